The number of anilines is 2. The number of nitrogens with one attached hydrogen (secondary N) is 2. The average molecular weight is 262 g/mol. The average Bonchev–Trinajstić information content (AvgIpc) is 2.68. The van der Waals surface area contributed by atoms with Crippen LogP contribution in [-0.4, -0.2) is 22.9 Å². The summed E-state index contributed by atoms with van der Waals surface area (Å²) in [5.74, 6) is 0.412. The van der Waals surface area contributed by atoms with Crippen molar-refractivity contribution in [2.75, 3.05) is 17.7 Å². The standard InChI is InChI=1S/C12H14N4OS/c1-7-8(2)18-12(14-7)16-11(17)9-5-4-6-10(13-3)15-9/h4-6H,1-3H3,(H,13,15)(H,14,16,17). The van der Waals surface area contributed by atoms with Crippen molar-refractivity contribution >= 4 is 28.2 Å². The molecular weight excluding hydrogens is 248 g/mol. The van der Waals surface area contributed by atoms with Crippen LogP contribution in [0.15, 0.2) is 18.2 Å². The molecule has 0 aliphatic carbocycles. The Kier molecular flexibility index (Phi) is 3.57. The summed E-state index contributed by atoms with van der Waals surface area (Å²) in [5, 5.41) is 6.25. The van der Waals surface area contributed by atoms with Gasteiger partial charge < -0.3 is 5.32 Å². The third-order valence-corrected chi connectivity index (χ3v) is 3.48. The molecule has 94 valence electrons. The van der Waals surface area contributed by atoms with Gasteiger partial charge in [-0.05, 0) is 26.0 Å². The van der Waals surface area contributed by atoms with Crippen molar-refractivity contribution in [3.05, 3.63) is 34.5 Å². The zero-order chi connectivity index (χ0) is 13.1. The molecule has 0 aliphatic heterocycles. The monoisotopic (exact) mass is 262 g/mol. The number of rotatable bonds is 3. The summed E-state index contributed by atoms with van der Waals surface area (Å²) >= 11 is 1.46. The van der Waals surface area contributed by atoms with E-state index in [-0.39, 0.29) is 5.91 Å². The quantitative estimate of drug-likeness (QED) is 0.891. The largest absolute Gasteiger partial charge is 0.373 e. The lowest BCUT2D eigenvalue weighted by atomic mass is 10.3. The van der Waals surface area contributed by atoms with Gasteiger partial charge in [-0.25, -0.2) is 9.97 Å². The third-order valence-electron chi connectivity index (χ3n) is 2.49. The number of aromatic nitrogens is 2. The molecule has 2 heterocycles. The van der Waals surface area contributed by atoms with Crippen LogP contribution in [0.2, 0.25) is 0 Å². The van der Waals surface area contributed by atoms with Crippen molar-refractivity contribution in [1.82, 2.24) is 9.97 Å². The highest BCUT2D eigenvalue weighted by atomic mass is 32.1. The molecule has 2 aromatic heterocycles. The molecule has 0 aromatic carbocycles. The minimum Gasteiger partial charge on any atom is -0.373 e. The van der Waals surface area contributed by atoms with Gasteiger partial charge in [-0.1, -0.05) is 6.07 Å². The highest BCUT2D eigenvalue weighted by Crippen LogP contribution is 2.21. The van der Waals surface area contributed by atoms with Gasteiger partial charge in [-0.3, -0.25) is 10.1 Å². The topological polar surface area (TPSA) is 66.9 Å². The minimum absolute atomic E-state index is 0.249. The highest BCUT2D eigenvalue weighted by Gasteiger charge is 2.11. The number of hydrogen-bond acceptors (Lipinski definition) is 5. The molecule has 0 aliphatic rings. The lowest BCUT2D eigenvalue weighted by Crippen LogP contribution is -2.14. The molecule has 2 rings (SSSR count). The SMILES string of the molecule is CNc1cccc(C(=O)Nc2nc(C)c(C)s2)n1. The fraction of sp³-hybridized carbons (Fsp3) is 0.250. The van der Waals surface area contributed by atoms with E-state index in [0.29, 0.717) is 16.6 Å². The maximum absolute atomic E-state index is 12.0. The molecule has 2 N–H and O–H groups in total. The van der Waals surface area contributed by atoms with Gasteiger partial charge in [0.05, 0.1) is 5.69 Å². The molecule has 0 saturated heterocycles. The summed E-state index contributed by atoms with van der Waals surface area (Å²) < 4.78 is 0. The number of nitrogens with zero attached hydrogens (tertiary/aromatic N) is 2. The Morgan fingerprint density at radius 2 is 2.06 bits per heavy atom. The van der Waals surface area contributed by atoms with Crippen LogP contribution >= 0.6 is 11.3 Å². The van der Waals surface area contributed by atoms with Gasteiger partial charge in [0.25, 0.3) is 5.91 Å². The zero-order valence-electron chi connectivity index (χ0n) is 10.4. The van der Waals surface area contributed by atoms with Crippen LogP contribution in [0.4, 0.5) is 10.9 Å². The maximum atomic E-state index is 12.0. The fourth-order valence-electron chi connectivity index (χ4n) is 1.39. The first-order valence-corrected chi connectivity index (χ1v) is 6.32. The number of carbonyl (C=O) groups excluding carboxylic acids is 1. The number of hydrogen-bond donors (Lipinski definition) is 2. The Morgan fingerprint density at radius 1 is 1.28 bits per heavy atom. The Morgan fingerprint density at radius 3 is 2.67 bits per heavy atom. The molecule has 6 heteroatoms. The molecule has 0 bridgehead atoms. The van der Waals surface area contributed by atoms with Gasteiger partial charge in [0, 0.05) is 11.9 Å². The number of pyridine rings is 1. The van der Waals surface area contributed by atoms with E-state index in [1.54, 1.807) is 25.2 Å². The molecule has 0 fully saturated rings. The first kappa shape index (κ1) is 12.5. The van der Waals surface area contributed by atoms with E-state index >= 15 is 0 Å². The molecule has 2 aromatic rings. The van der Waals surface area contributed by atoms with E-state index < -0.39 is 0 Å². The van der Waals surface area contributed by atoms with Crippen LogP contribution in [-0.2, 0) is 0 Å². The number of carbonyl (C=O) groups is 1. The molecule has 0 unspecified atom stereocenters. The smallest absolute Gasteiger partial charge is 0.276 e. The molecular formula is C12H14N4OS. The van der Waals surface area contributed by atoms with Crippen LogP contribution in [0, 0.1) is 13.8 Å². The van der Waals surface area contributed by atoms with Gasteiger partial charge >= 0.3 is 0 Å². The van der Waals surface area contributed by atoms with E-state index in [9.17, 15) is 4.79 Å². The first-order valence-electron chi connectivity index (χ1n) is 5.50. The molecule has 0 radical (unpaired) electrons. The van der Waals surface area contributed by atoms with E-state index in [2.05, 4.69) is 20.6 Å². The second-order valence-electron chi connectivity index (χ2n) is 3.77. The molecule has 5 nitrogen and oxygen atoms in total. The predicted octanol–water partition coefficient (Wildman–Crippen LogP) is 2.45. The number of thiazole rings is 1. The molecule has 0 saturated carbocycles. The Balaban J connectivity index is 2.16. The summed E-state index contributed by atoms with van der Waals surface area (Å²) in [6.45, 7) is 3.89. The molecule has 0 spiro atoms. The lowest BCUT2D eigenvalue weighted by Gasteiger charge is -2.03. The van der Waals surface area contributed by atoms with Crippen molar-refractivity contribution in [1.29, 1.82) is 0 Å². The molecule has 18 heavy (non-hydrogen) atoms. The van der Waals surface area contributed by atoms with Gasteiger partial charge in [-0.2, -0.15) is 0 Å². The van der Waals surface area contributed by atoms with Crippen molar-refractivity contribution in [2.24, 2.45) is 0 Å². The van der Waals surface area contributed by atoms with Crippen molar-refractivity contribution in [3.63, 3.8) is 0 Å². The van der Waals surface area contributed by atoms with Crippen molar-refractivity contribution < 1.29 is 4.79 Å². The summed E-state index contributed by atoms with van der Waals surface area (Å²) in [4.78, 5) is 21.5. The van der Waals surface area contributed by atoms with Crippen molar-refractivity contribution in [2.45, 2.75) is 13.8 Å². The summed E-state index contributed by atoms with van der Waals surface area (Å²) in [5.41, 5.74) is 1.31. The van der Waals surface area contributed by atoms with Crippen molar-refractivity contribution in [3.8, 4) is 0 Å². The highest BCUT2D eigenvalue weighted by molar-refractivity contribution is 7.15. The van der Waals surface area contributed by atoms with Gasteiger partial charge in [-0.15, -0.1) is 11.3 Å². The maximum Gasteiger partial charge on any atom is 0.276 e. The van der Waals surface area contributed by atoms with Gasteiger partial charge in [0.1, 0.15) is 11.5 Å². The lowest BCUT2D eigenvalue weighted by molar-refractivity contribution is 0.102. The van der Waals surface area contributed by atoms with Crippen LogP contribution in [0.1, 0.15) is 21.1 Å². The predicted molar refractivity (Wildman–Crippen MR) is 73.3 cm³/mol. The van der Waals surface area contributed by atoms with E-state index in [4.69, 9.17) is 0 Å². The Hall–Kier alpha value is -1.95. The van der Waals surface area contributed by atoms with E-state index in [0.717, 1.165) is 10.6 Å². The minimum atomic E-state index is -0.249. The molecule has 0 atom stereocenters. The van der Waals surface area contributed by atoms with Crippen LogP contribution < -0.4 is 10.6 Å². The van der Waals surface area contributed by atoms with E-state index in [1.165, 1.54) is 11.3 Å². The normalized spacial score (nSPS) is 10.2. The number of aryl methyl sites for hydroxylation is 2. The fourth-order valence-corrected chi connectivity index (χ4v) is 2.20. The van der Waals surface area contributed by atoms with Gasteiger partial charge in [0.15, 0.2) is 5.13 Å². The summed E-state index contributed by atoms with van der Waals surface area (Å²) in [6.07, 6.45) is 0. The van der Waals surface area contributed by atoms with Crippen LogP contribution in [0.3, 0.4) is 0 Å². The molecule has 1 amide bonds. The Labute approximate surface area is 109 Å². The zero-order valence-corrected chi connectivity index (χ0v) is 11.3. The van der Waals surface area contributed by atoms with Crippen LogP contribution in [0.25, 0.3) is 0 Å². The van der Waals surface area contributed by atoms with E-state index in [1.807, 2.05) is 13.8 Å². The van der Waals surface area contributed by atoms with Crippen LogP contribution in [0.5, 0.6) is 0 Å². The number of amides is 1. The van der Waals surface area contributed by atoms with Gasteiger partial charge in [0.2, 0.25) is 0 Å². The second kappa shape index (κ2) is 5.14. The summed E-state index contributed by atoms with van der Waals surface area (Å²) in [6, 6.07) is 5.25. The summed E-state index contributed by atoms with van der Waals surface area (Å²) in [7, 11) is 1.76. The first-order chi connectivity index (χ1) is 8.60. The third kappa shape index (κ3) is 2.65. The Bertz CT molecular complexity index is 560. The second-order valence-corrected chi connectivity index (χ2v) is 4.98.